The maximum absolute atomic E-state index is 13.9. The molecule has 4 aliphatic rings. The minimum Gasteiger partial charge on any atom is -0.481 e. The largest absolute Gasteiger partial charge is 0.481 e. The fourth-order valence-electron chi connectivity index (χ4n) is 10.6. The van der Waals surface area contributed by atoms with Crippen molar-refractivity contribution >= 4 is 40.8 Å². The number of carbonyl (C=O) groups is 3. The van der Waals surface area contributed by atoms with Gasteiger partial charge in [-0.2, -0.15) is 0 Å². The highest BCUT2D eigenvalue weighted by molar-refractivity contribution is 6.36. The third kappa shape index (κ3) is 8.87. The van der Waals surface area contributed by atoms with Crippen LogP contribution in [-0.4, -0.2) is 59.5 Å². The molecule has 3 N–H and O–H groups in total. The van der Waals surface area contributed by atoms with Crippen molar-refractivity contribution in [3.05, 3.63) is 81.4 Å². The van der Waals surface area contributed by atoms with E-state index in [-0.39, 0.29) is 17.7 Å². The van der Waals surface area contributed by atoms with Crippen molar-refractivity contribution in [3.8, 4) is 11.1 Å². The van der Waals surface area contributed by atoms with Crippen molar-refractivity contribution < 1.29 is 19.5 Å². The first-order valence-electron chi connectivity index (χ1n) is 22.1. The first-order chi connectivity index (χ1) is 28.5. The van der Waals surface area contributed by atoms with Gasteiger partial charge in [0.2, 0.25) is 0 Å². The summed E-state index contributed by atoms with van der Waals surface area (Å²) >= 11 is 7.08. The highest BCUT2D eigenvalue weighted by atomic mass is 35.5. The number of imidazole rings is 2. The number of fused-ring (bicyclic) bond motifs is 2. The first-order valence-corrected chi connectivity index (χ1v) is 22.5. The van der Waals surface area contributed by atoms with Crippen LogP contribution >= 0.6 is 11.6 Å². The van der Waals surface area contributed by atoms with Gasteiger partial charge in [-0.1, -0.05) is 74.4 Å². The maximum atomic E-state index is 13.9. The number of hydrogen-bond donors (Lipinski definition) is 3. The van der Waals surface area contributed by atoms with Crippen molar-refractivity contribution in [1.82, 2.24) is 24.0 Å². The van der Waals surface area contributed by atoms with E-state index in [9.17, 15) is 19.5 Å². The zero-order chi connectivity index (χ0) is 41.2. The van der Waals surface area contributed by atoms with Crippen LogP contribution in [-0.2, 0) is 44.7 Å². The molecule has 0 spiro atoms. The minimum atomic E-state index is -0.639. The fourth-order valence-corrected chi connectivity index (χ4v) is 10.8. The Hall–Kier alpha value is -4.48. The van der Waals surface area contributed by atoms with Gasteiger partial charge < -0.3 is 24.9 Å². The summed E-state index contributed by atoms with van der Waals surface area (Å²) in [5.74, 6) is 0.718. The molecule has 2 fully saturated rings. The molecule has 1 atom stereocenters. The molecule has 2 amide bonds. The van der Waals surface area contributed by atoms with Crippen molar-refractivity contribution in [3.63, 3.8) is 0 Å². The van der Waals surface area contributed by atoms with Crippen LogP contribution in [0.1, 0.15) is 139 Å². The average molecular weight is 822 g/mol. The lowest BCUT2D eigenvalue weighted by atomic mass is 9.78. The predicted molar refractivity (Wildman–Crippen MR) is 232 cm³/mol. The van der Waals surface area contributed by atoms with Crippen molar-refractivity contribution in [2.75, 3.05) is 17.2 Å². The Morgan fingerprint density at radius 1 is 0.712 bits per heavy atom. The number of aromatic nitrogens is 4. The molecule has 1 unspecified atom stereocenters. The molecule has 0 saturated heterocycles. The predicted octanol–water partition coefficient (Wildman–Crippen LogP) is 9.53. The van der Waals surface area contributed by atoms with E-state index in [1.54, 1.807) is 6.07 Å². The lowest BCUT2D eigenvalue weighted by Crippen LogP contribution is -2.40. The monoisotopic (exact) mass is 821 g/mol. The van der Waals surface area contributed by atoms with E-state index < -0.39 is 5.97 Å². The molecule has 11 nitrogen and oxygen atoms in total. The van der Waals surface area contributed by atoms with Crippen LogP contribution in [0.15, 0.2) is 36.4 Å². The molecule has 4 aromatic rings. The molecule has 12 heteroatoms. The van der Waals surface area contributed by atoms with Gasteiger partial charge >= 0.3 is 5.97 Å². The van der Waals surface area contributed by atoms with Gasteiger partial charge in [-0.3, -0.25) is 19.3 Å². The number of carboxylic acids is 1. The molecular weight excluding hydrogens is 762 g/mol. The quantitative estimate of drug-likeness (QED) is 0.145. The molecule has 2 aromatic heterocycles. The number of anilines is 2. The Labute approximate surface area is 353 Å². The van der Waals surface area contributed by atoms with E-state index in [1.165, 1.54) is 44.9 Å². The molecule has 314 valence electrons. The van der Waals surface area contributed by atoms with Gasteiger partial charge in [0.15, 0.2) is 11.6 Å². The van der Waals surface area contributed by atoms with Crippen LogP contribution in [0.25, 0.3) is 11.1 Å². The third-order valence-electron chi connectivity index (χ3n) is 14.2. The van der Waals surface area contributed by atoms with Gasteiger partial charge in [0.05, 0.1) is 28.0 Å². The summed E-state index contributed by atoms with van der Waals surface area (Å²) < 4.78 is 3.92. The van der Waals surface area contributed by atoms with Crippen LogP contribution < -0.4 is 10.6 Å². The van der Waals surface area contributed by atoms with Crippen LogP contribution in [0.4, 0.5) is 11.4 Å². The van der Waals surface area contributed by atoms with Gasteiger partial charge in [-0.05, 0) is 106 Å². The molecule has 59 heavy (non-hydrogen) atoms. The summed E-state index contributed by atoms with van der Waals surface area (Å²) in [5.41, 5.74) is 7.93. The number of benzene rings is 2. The number of aryl methyl sites for hydroxylation is 1. The number of carbonyl (C=O) groups excluding carboxylic acids is 2. The third-order valence-corrected chi connectivity index (χ3v) is 14.6. The topological polar surface area (TPSA) is 134 Å². The Bertz CT molecular complexity index is 2200. The Morgan fingerprint density at radius 2 is 1.32 bits per heavy atom. The van der Waals surface area contributed by atoms with E-state index in [2.05, 4.69) is 15.5 Å². The number of aliphatic carboxylic acids is 1. The number of nitrogens with zero attached hydrogens (tertiary/aromatic N) is 5. The number of halogens is 1. The molecule has 1 aliphatic heterocycles. The fraction of sp³-hybridized carbons (Fsp3) is 0.553. The normalized spacial score (nSPS) is 21.5. The van der Waals surface area contributed by atoms with E-state index >= 15 is 0 Å². The smallest absolute Gasteiger partial charge is 0.306 e. The van der Waals surface area contributed by atoms with Gasteiger partial charge in [0.25, 0.3) is 11.8 Å². The lowest BCUT2D eigenvalue weighted by Gasteiger charge is -2.36. The van der Waals surface area contributed by atoms with E-state index in [1.807, 2.05) is 60.5 Å². The molecule has 0 radical (unpaired) electrons. The summed E-state index contributed by atoms with van der Waals surface area (Å²) in [6.07, 6.45) is 18.3. The van der Waals surface area contributed by atoms with Gasteiger partial charge in [-0.25, -0.2) is 9.97 Å². The summed E-state index contributed by atoms with van der Waals surface area (Å²) in [4.78, 5) is 51.3. The zero-order valence-corrected chi connectivity index (χ0v) is 35.8. The molecule has 8 rings (SSSR count). The van der Waals surface area contributed by atoms with Gasteiger partial charge in [0, 0.05) is 62.3 Å². The van der Waals surface area contributed by atoms with Gasteiger partial charge in [0.1, 0.15) is 0 Å². The van der Waals surface area contributed by atoms with E-state index in [0.29, 0.717) is 45.9 Å². The molecule has 2 saturated carbocycles. The number of rotatable bonds is 10. The second kappa shape index (κ2) is 18.0. The minimum absolute atomic E-state index is 0.161. The second-order valence-electron chi connectivity index (χ2n) is 17.8. The molecule has 3 aliphatic carbocycles. The highest BCUT2D eigenvalue weighted by Crippen LogP contribution is 2.39. The van der Waals surface area contributed by atoms with Crippen LogP contribution in [0.3, 0.4) is 0 Å². The van der Waals surface area contributed by atoms with Crippen molar-refractivity contribution in [2.45, 2.75) is 129 Å². The Kier molecular flexibility index (Phi) is 12.6. The maximum Gasteiger partial charge on any atom is 0.306 e. The number of nitrogens with one attached hydrogen (secondary N) is 2. The molecular formula is C47H60ClN7O4. The Balaban J connectivity index is 0.915. The average Bonchev–Trinajstić information content (AvgIpc) is 3.73. The number of hydrogen-bond acceptors (Lipinski definition) is 6. The summed E-state index contributed by atoms with van der Waals surface area (Å²) in [6, 6.07) is 12.0. The molecule has 2 aromatic carbocycles. The van der Waals surface area contributed by atoms with Crippen LogP contribution in [0.5, 0.6) is 0 Å². The number of amides is 2. The summed E-state index contributed by atoms with van der Waals surface area (Å²) in [5, 5.41) is 16.0. The SMILES string of the molecule is Cc1c(NC(=O)c2nc3c(n2C)CCN(C2CCCCC2)C3)cccc1-c1cccc(NC(=O)c2nc3c(n2C)CCC(CC[C@H]2CC[C@H](C(=O)O)CC2)CCC3)c1Cl. The molecule has 0 bridgehead atoms. The summed E-state index contributed by atoms with van der Waals surface area (Å²) in [7, 11) is 3.88. The van der Waals surface area contributed by atoms with Crippen molar-refractivity contribution in [2.24, 2.45) is 31.8 Å². The summed E-state index contributed by atoms with van der Waals surface area (Å²) in [6.45, 7) is 3.77. The van der Waals surface area contributed by atoms with E-state index in [0.717, 1.165) is 117 Å². The van der Waals surface area contributed by atoms with E-state index in [4.69, 9.17) is 21.6 Å². The lowest BCUT2D eigenvalue weighted by molar-refractivity contribution is -0.143. The molecule has 3 heterocycles. The highest BCUT2D eigenvalue weighted by Gasteiger charge is 2.31. The second-order valence-corrected chi connectivity index (χ2v) is 18.1. The van der Waals surface area contributed by atoms with Crippen molar-refractivity contribution in [1.29, 1.82) is 0 Å². The standard InChI is InChI=1S/C47H60ClN7O4/c1-29-34(13-8-15-36(29)51-45(56)44-50-39-28-55(27-26-41(39)54(44)3)33-11-5-4-6-12-33)35-14-9-17-38(42(35)48)52-46(57)43-49-37-16-7-10-30(22-25-40(37)53(43)2)18-19-31-20-23-32(24-21-31)47(58)59/h8-9,13-15,17,30-33H,4-7,10-12,16,18-28H2,1-3H3,(H,51,56)(H,52,57)(H,58,59)/t30?,31-,32-. The Morgan fingerprint density at radius 3 is 2.02 bits per heavy atom. The van der Waals surface area contributed by atoms with Gasteiger partial charge in [-0.15, -0.1) is 0 Å². The van der Waals surface area contributed by atoms with Crippen LogP contribution in [0.2, 0.25) is 5.02 Å². The zero-order valence-electron chi connectivity index (χ0n) is 35.0. The number of carboxylic acid groups (broad SMARTS) is 1. The first kappa shape index (κ1) is 41.3. The van der Waals surface area contributed by atoms with Crippen LogP contribution in [0, 0.1) is 24.7 Å².